The van der Waals surface area contributed by atoms with Crippen LogP contribution in [0.15, 0.2) is 0 Å². The zero-order valence-corrected chi connectivity index (χ0v) is 11.4. The number of carbonyl (C=O) groups excluding carboxylic acids is 2. The van der Waals surface area contributed by atoms with Gasteiger partial charge in [-0.3, -0.25) is 9.59 Å². The minimum Gasteiger partial charge on any atom is -0.355 e. The van der Waals surface area contributed by atoms with Gasteiger partial charge in [0.25, 0.3) is 0 Å². The van der Waals surface area contributed by atoms with E-state index in [1.807, 2.05) is 20.8 Å². The Hall–Kier alpha value is -1.10. The second-order valence-corrected chi connectivity index (χ2v) is 4.46. The molecule has 100 valence electrons. The molecule has 0 saturated carbocycles. The molecule has 0 aromatic rings. The highest BCUT2D eigenvalue weighted by Gasteiger charge is 2.11. The van der Waals surface area contributed by atoms with Crippen molar-refractivity contribution in [1.82, 2.24) is 15.5 Å². The third-order valence-corrected chi connectivity index (χ3v) is 2.27. The molecule has 0 rings (SSSR count). The highest BCUT2D eigenvalue weighted by molar-refractivity contribution is 5.84. The topological polar surface area (TPSA) is 61.4 Å². The first-order valence-corrected chi connectivity index (χ1v) is 6.21. The van der Waals surface area contributed by atoms with E-state index in [9.17, 15) is 9.59 Å². The molecule has 0 unspecified atom stereocenters. The van der Waals surface area contributed by atoms with Crippen LogP contribution in [0, 0.1) is 0 Å². The van der Waals surface area contributed by atoms with Gasteiger partial charge in [-0.2, -0.15) is 0 Å². The molecule has 0 aromatic heterocycles. The predicted octanol–water partition coefficient (Wildman–Crippen LogP) is 0.359. The summed E-state index contributed by atoms with van der Waals surface area (Å²) in [5, 5.41) is 5.91. The van der Waals surface area contributed by atoms with Crippen molar-refractivity contribution in [2.45, 2.75) is 39.7 Å². The van der Waals surface area contributed by atoms with Gasteiger partial charge in [0, 0.05) is 32.6 Å². The average Bonchev–Trinajstić information content (AvgIpc) is 2.25. The third-order valence-electron chi connectivity index (χ3n) is 2.27. The van der Waals surface area contributed by atoms with Crippen LogP contribution < -0.4 is 10.6 Å². The van der Waals surface area contributed by atoms with Crippen molar-refractivity contribution < 1.29 is 9.59 Å². The normalized spacial score (nSPS) is 10.4. The van der Waals surface area contributed by atoms with E-state index in [1.54, 1.807) is 7.05 Å². The summed E-state index contributed by atoms with van der Waals surface area (Å²) in [7, 11) is 1.66. The fourth-order valence-corrected chi connectivity index (χ4v) is 1.28. The van der Waals surface area contributed by atoms with E-state index in [1.165, 1.54) is 4.90 Å². The van der Waals surface area contributed by atoms with Crippen molar-refractivity contribution in [3.63, 3.8) is 0 Å². The first-order valence-electron chi connectivity index (χ1n) is 6.21. The van der Waals surface area contributed by atoms with Gasteiger partial charge in [0.15, 0.2) is 0 Å². The lowest BCUT2D eigenvalue weighted by atomic mass is 10.3. The summed E-state index contributed by atoms with van der Waals surface area (Å²) in [6.07, 6.45) is 1.33. The van der Waals surface area contributed by atoms with Crippen LogP contribution in [-0.4, -0.2) is 49.4 Å². The Kier molecular flexibility index (Phi) is 8.40. The first kappa shape index (κ1) is 15.9. The number of likely N-dealkylation sites (N-methyl/N-ethyl adjacent to an activating group) is 1. The van der Waals surface area contributed by atoms with Crippen LogP contribution in [0.25, 0.3) is 0 Å². The van der Waals surface area contributed by atoms with E-state index >= 15 is 0 Å². The maximum Gasteiger partial charge on any atom is 0.239 e. The Morgan fingerprint density at radius 3 is 2.41 bits per heavy atom. The standard InChI is InChI=1S/C12H25N3O2/c1-5-7-14-11(16)9-15(4)12(17)6-8-13-10(2)3/h10,13H,5-9H2,1-4H3,(H,14,16). The maximum absolute atomic E-state index is 11.6. The summed E-state index contributed by atoms with van der Waals surface area (Å²) in [5.74, 6) is -0.107. The SMILES string of the molecule is CCCNC(=O)CN(C)C(=O)CCNC(C)C. The second kappa shape index (κ2) is 8.98. The molecule has 0 fully saturated rings. The molecule has 0 heterocycles. The molecule has 0 saturated heterocycles. The Labute approximate surface area is 104 Å². The zero-order valence-electron chi connectivity index (χ0n) is 11.4. The van der Waals surface area contributed by atoms with E-state index < -0.39 is 0 Å². The molecule has 0 aliphatic rings. The molecule has 2 N–H and O–H groups in total. The summed E-state index contributed by atoms with van der Waals surface area (Å²) in [5.41, 5.74) is 0. The van der Waals surface area contributed by atoms with Gasteiger partial charge in [-0.1, -0.05) is 20.8 Å². The van der Waals surface area contributed by atoms with Gasteiger partial charge < -0.3 is 15.5 Å². The molecule has 0 bridgehead atoms. The van der Waals surface area contributed by atoms with Gasteiger partial charge in [0.2, 0.25) is 11.8 Å². The average molecular weight is 243 g/mol. The fraction of sp³-hybridized carbons (Fsp3) is 0.833. The molecule has 0 radical (unpaired) electrons. The Balaban J connectivity index is 3.77. The van der Waals surface area contributed by atoms with E-state index in [4.69, 9.17) is 0 Å². The summed E-state index contributed by atoms with van der Waals surface area (Å²) >= 11 is 0. The van der Waals surface area contributed by atoms with Crippen LogP contribution in [0.5, 0.6) is 0 Å². The number of amides is 2. The number of rotatable bonds is 8. The van der Waals surface area contributed by atoms with Gasteiger partial charge >= 0.3 is 0 Å². The van der Waals surface area contributed by atoms with Crippen molar-refractivity contribution in [1.29, 1.82) is 0 Å². The van der Waals surface area contributed by atoms with E-state index in [2.05, 4.69) is 10.6 Å². The van der Waals surface area contributed by atoms with Crippen molar-refractivity contribution in [2.24, 2.45) is 0 Å². The Bertz CT molecular complexity index is 242. The zero-order chi connectivity index (χ0) is 13.3. The number of nitrogens with zero attached hydrogens (tertiary/aromatic N) is 1. The van der Waals surface area contributed by atoms with Crippen LogP contribution in [0.3, 0.4) is 0 Å². The first-order chi connectivity index (χ1) is 7.97. The van der Waals surface area contributed by atoms with Crippen molar-refractivity contribution in [2.75, 3.05) is 26.7 Å². The Morgan fingerprint density at radius 2 is 1.88 bits per heavy atom. The molecular formula is C12H25N3O2. The van der Waals surface area contributed by atoms with Gasteiger partial charge in [0.1, 0.15) is 0 Å². The molecule has 0 atom stereocenters. The van der Waals surface area contributed by atoms with Gasteiger partial charge in [-0.25, -0.2) is 0 Å². The summed E-state index contributed by atoms with van der Waals surface area (Å²) in [4.78, 5) is 24.5. The third kappa shape index (κ3) is 8.68. The number of hydrogen-bond donors (Lipinski definition) is 2. The molecular weight excluding hydrogens is 218 g/mol. The summed E-state index contributed by atoms with van der Waals surface area (Å²) in [6.45, 7) is 7.51. The minimum absolute atomic E-state index is 0.00945. The quantitative estimate of drug-likeness (QED) is 0.647. The maximum atomic E-state index is 11.6. The molecule has 0 aliphatic carbocycles. The molecule has 0 aliphatic heterocycles. The molecule has 0 aromatic carbocycles. The molecule has 0 spiro atoms. The van der Waals surface area contributed by atoms with Crippen molar-refractivity contribution in [3.05, 3.63) is 0 Å². The highest BCUT2D eigenvalue weighted by atomic mass is 16.2. The molecule has 17 heavy (non-hydrogen) atoms. The highest BCUT2D eigenvalue weighted by Crippen LogP contribution is 1.90. The molecule has 5 heteroatoms. The predicted molar refractivity (Wildman–Crippen MR) is 68.7 cm³/mol. The van der Waals surface area contributed by atoms with Gasteiger partial charge in [-0.15, -0.1) is 0 Å². The number of nitrogens with one attached hydrogen (secondary N) is 2. The van der Waals surface area contributed by atoms with Crippen LogP contribution in [0.4, 0.5) is 0 Å². The second-order valence-electron chi connectivity index (χ2n) is 4.46. The summed E-state index contributed by atoms with van der Waals surface area (Å²) < 4.78 is 0. The monoisotopic (exact) mass is 243 g/mol. The van der Waals surface area contributed by atoms with Crippen LogP contribution >= 0.6 is 0 Å². The summed E-state index contributed by atoms with van der Waals surface area (Å²) in [6, 6.07) is 0.376. The lowest BCUT2D eigenvalue weighted by Crippen LogP contribution is -2.39. The van der Waals surface area contributed by atoms with E-state index in [0.717, 1.165) is 6.42 Å². The van der Waals surface area contributed by atoms with E-state index in [-0.39, 0.29) is 18.4 Å². The number of carbonyl (C=O) groups is 2. The molecule has 2 amide bonds. The van der Waals surface area contributed by atoms with Gasteiger partial charge in [0.05, 0.1) is 6.54 Å². The Morgan fingerprint density at radius 1 is 1.24 bits per heavy atom. The smallest absolute Gasteiger partial charge is 0.239 e. The van der Waals surface area contributed by atoms with Crippen LogP contribution in [0.1, 0.15) is 33.6 Å². The van der Waals surface area contributed by atoms with Gasteiger partial charge in [-0.05, 0) is 6.42 Å². The van der Waals surface area contributed by atoms with Crippen LogP contribution in [0.2, 0.25) is 0 Å². The lowest BCUT2D eigenvalue weighted by molar-refractivity contribution is -0.134. The minimum atomic E-state index is -0.0977. The van der Waals surface area contributed by atoms with Crippen molar-refractivity contribution >= 4 is 11.8 Å². The van der Waals surface area contributed by atoms with Crippen LogP contribution in [-0.2, 0) is 9.59 Å². The fourth-order valence-electron chi connectivity index (χ4n) is 1.28. The number of hydrogen-bond acceptors (Lipinski definition) is 3. The van der Waals surface area contributed by atoms with Crippen molar-refractivity contribution in [3.8, 4) is 0 Å². The van der Waals surface area contributed by atoms with E-state index in [0.29, 0.717) is 25.6 Å². The molecule has 5 nitrogen and oxygen atoms in total. The lowest BCUT2D eigenvalue weighted by Gasteiger charge is -2.17. The largest absolute Gasteiger partial charge is 0.355 e.